The van der Waals surface area contributed by atoms with Crippen molar-refractivity contribution >= 4 is 9.05 Å². The summed E-state index contributed by atoms with van der Waals surface area (Å²) in [6.45, 7) is 13.4. The second-order valence-corrected chi connectivity index (χ2v) is 9.85. The molecule has 0 atom stereocenters. The molecule has 2 saturated heterocycles. The van der Waals surface area contributed by atoms with E-state index < -0.39 is 20.1 Å². The zero-order chi connectivity index (χ0) is 18.0. The van der Waals surface area contributed by atoms with Crippen LogP contribution in [0.4, 0.5) is 0 Å². The van der Waals surface area contributed by atoms with Crippen LogP contribution in [0.3, 0.4) is 0 Å². The van der Waals surface area contributed by atoms with Crippen LogP contribution >= 0.6 is 0 Å². The average molecular weight is 363 g/mol. The summed E-state index contributed by atoms with van der Waals surface area (Å²) in [7, 11) is -3.00. The van der Waals surface area contributed by atoms with Gasteiger partial charge in [-0.05, 0) is 54.4 Å². The highest BCUT2D eigenvalue weighted by molar-refractivity contribution is 6.53. The topological polar surface area (TPSA) is 69.3 Å². The lowest BCUT2D eigenvalue weighted by Gasteiger charge is -2.50. The Morgan fingerprint density at radius 3 is 1.83 bits per heavy atom. The van der Waals surface area contributed by atoms with Gasteiger partial charge in [0.15, 0.2) is 0 Å². The highest BCUT2D eigenvalue weighted by atomic mass is 28.4. The Kier molecular flexibility index (Phi) is 6.47. The van der Waals surface area contributed by atoms with E-state index in [4.69, 9.17) is 22.4 Å². The molecule has 0 aliphatic carbocycles. The normalized spacial score (nSPS) is 28.1. The van der Waals surface area contributed by atoms with E-state index >= 15 is 0 Å². The average Bonchev–Trinajstić information content (AvgIpc) is 2.47. The van der Waals surface area contributed by atoms with Gasteiger partial charge < -0.3 is 22.4 Å². The van der Waals surface area contributed by atoms with Gasteiger partial charge in [0, 0.05) is 24.3 Å². The first-order valence-electron chi connectivity index (χ1n) is 8.83. The largest absolute Gasteiger partial charge is 0.679 e. The number of hydrogen-bond acceptors (Lipinski definition) is 6. The molecule has 0 spiro atoms. The molecule has 2 rings (SSSR count). The summed E-state index contributed by atoms with van der Waals surface area (Å²) < 4.78 is 29.0. The van der Waals surface area contributed by atoms with E-state index in [1.165, 1.54) is 5.06 Å². The number of ether oxygens (including phenoxy) is 1. The molecule has 0 aromatic carbocycles. The van der Waals surface area contributed by atoms with E-state index in [0.717, 1.165) is 0 Å². The minimum Gasteiger partial charge on any atom is -0.370 e. The number of hydroxylamine groups is 2. The number of hydrogen-bond donors (Lipinski definition) is 0. The van der Waals surface area contributed by atoms with Crippen LogP contribution in [0.5, 0.6) is 0 Å². The maximum Gasteiger partial charge on any atom is 0.679 e. The van der Waals surface area contributed by atoms with Crippen molar-refractivity contribution in [3.8, 4) is 0 Å². The van der Waals surface area contributed by atoms with Crippen LogP contribution in [0.2, 0.25) is 0 Å². The first-order chi connectivity index (χ1) is 11.1. The fraction of sp³-hybridized carbons (Fsp3) is 1.00. The second-order valence-electron chi connectivity index (χ2n) is 7.70. The van der Waals surface area contributed by atoms with Crippen LogP contribution in [0.25, 0.3) is 0 Å². The van der Waals surface area contributed by atoms with Crippen LogP contribution in [0.1, 0.15) is 54.4 Å². The summed E-state index contributed by atoms with van der Waals surface area (Å²) in [5.41, 5.74) is -0.893. The SMILES string of the molecule is CCO[Si]1(OCC)OCC(OC2CC(C)(C)N([O])C(C)(C)C2)CO1. The zero-order valence-corrected chi connectivity index (χ0v) is 16.8. The lowest BCUT2D eigenvalue weighted by molar-refractivity contribution is -0.305. The van der Waals surface area contributed by atoms with Crippen molar-refractivity contribution in [3.63, 3.8) is 0 Å². The molecule has 141 valence electrons. The van der Waals surface area contributed by atoms with E-state index in [2.05, 4.69) is 0 Å². The van der Waals surface area contributed by atoms with Gasteiger partial charge in [-0.3, -0.25) is 0 Å². The first kappa shape index (κ1) is 20.3. The summed E-state index contributed by atoms with van der Waals surface area (Å²) in [5, 5.41) is 13.6. The third-order valence-corrected chi connectivity index (χ3v) is 6.80. The summed E-state index contributed by atoms with van der Waals surface area (Å²) in [6.07, 6.45) is 1.22. The van der Waals surface area contributed by atoms with E-state index in [9.17, 15) is 5.21 Å². The van der Waals surface area contributed by atoms with E-state index in [1.807, 2.05) is 41.5 Å². The van der Waals surface area contributed by atoms with Crippen molar-refractivity contribution in [3.05, 3.63) is 0 Å². The quantitative estimate of drug-likeness (QED) is 0.675. The van der Waals surface area contributed by atoms with Crippen molar-refractivity contribution in [2.24, 2.45) is 0 Å². The molecule has 1 radical (unpaired) electrons. The van der Waals surface area contributed by atoms with Crippen molar-refractivity contribution in [2.45, 2.75) is 77.7 Å². The number of piperidine rings is 1. The molecule has 24 heavy (non-hydrogen) atoms. The Morgan fingerprint density at radius 2 is 1.42 bits per heavy atom. The molecule has 0 aromatic heterocycles. The van der Waals surface area contributed by atoms with Gasteiger partial charge in [0.25, 0.3) is 0 Å². The number of nitrogens with zero attached hydrogens (tertiary/aromatic N) is 1. The van der Waals surface area contributed by atoms with Gasteiger partial charge in [0.05, 0.1) is 19.3 Å². The summed E-state index contributed by atoms with van der Waals surface area (Å²) in [4.78, 5) is 0. The fourth-order valence-corrected chi connectivity index (χ4v) is 5.65. The Bertz CT molecular complexity index is 385. The first-order valence-corrected chi connectivity index (χ1v) is 10.5. The predicted molar refractivity (Wildman–Crippen MR) is 89.5 cm³/mol. The van der Waals surface area contributed by atoms with Gasteiger partial charge in [0.2, 0.25) is 0 Å². The summed E-state index contributed by atoms with van der Waals surface area (Å²) in [5.74, 6) is 0. The van der Waals surface area contributed by atoms with Gasteiger partial charge in [-0.2, -0.15) is 0 Å². The van der Waals surface area contributed by atoms with Gasteiger partial charge in [0.1, 0.15) is 6.10 Å². The van der Waals surface area contributed by atoms with Crippen molar-refractivity contribution < 1.29 is 27.6 Å². The van der Waals surface area contributed by atoms with E-state index in [0.29, 0.717) is 39.3 Å². The van der Waals surface area contributed by atoms with Crippen LogP contribution in [-0.2, 0) is 27.6 Å². The Hall–Kier alpha value is -0.0631. The Morgan fingerprint density at radius 1 is 0.958 bits per heavy atom. The molecule has 8 heteroatoms. The highest BCUT2D eigenvalue weighted by Crippen LogP contribution is 2.38. The summed E-state index contributed by atoms with van der Waals surface area (Å²) in [6, 6.07) is 0. The Labute approximate surface area is 146 Å². The smallest absolute Gasteiger partial charge is 0.370 e. The molecule has 0 saturated carbocycles. The maximum absolute atomic E-state index is 12.4. The van der Waals surface area contributed by atoms with Crippen LogP contribution in [0, 0.1) is 0 Å². The molecule has 2 heterocycles. The molecule has 0 aromatic rings. The molecule has 2 fully saturated rings. The van der Waals surface area contributed by atoms with Gasteiger partial charge in [-0.15, -0.1) is 10.3 Å². The molecular formula is C16H32NO6Si. The monoisotopic (exact) mass is 362 g/mol. The van der Waals surface area contributed by atoms with Gasteiger partial charge >= 0.3 is 9.05 Å². The van der Waals surface area contributed by atoms with Gasteiger partial charge in [-0.25, -0.2) is 0 Å². The van der Waals surface area contributed by atoms with Crippen LogP contribution in [0.15, 0.2) is 0 Å². The zero-order valence-electron chi connectivity index (χ0n) is 15.8. The third kappa shape index (κ3) is 4.56. The Balaban J connectivity index is 1.92. The molecule has 0 N–H and O–H groups in total. The lowest BCUT2D eigenvalue weighted by Crippen LogP contribution is -2.61. The minimum atomic E-state index is -3.00. The van der Waals surface area contributed by atoms with Crippen molar-refractivity contribution in [2.75, 3.05) is 26.4 Å². The fourth-order valence-electron chi connectivity index (χ4n) is 3.66. The molecule has 0 unspecified atom stereocenters. The standard InChI is InChI=1S/C16H32NO6Si/c1-7-19-24(20-8-2)21-11-14(12-22-24)23-13-9-15(3,4)17(18)16(5,6)10-13/h13-14H,7-12H2,1-6H3. The maximum atomic E-state index is 12.4. The van der Waals surface area contributed by atoms with Crippen molar-refractivity contribution in [1.29, 1.82) is 0 Å². The molecule has 0 amide bonds. The highest BCUT2D eigenvalue weighted by Gasteiger charge is 2.51. The van der Waals surface area contributed by atoms with Crippen LogP contribution in [-0.4, -0.2) is 63.8 Å². The molecular weight excluding hydrogens is 330 g/mol. The molecule has 7 nitrogen and oxygen atoms in total. The lowest BCUT2D eigenvalue weighted by atomic mass is 9.80. The van der Waals surface area contributed by atoms with Crippen LogP contribution < -0.4 is 0 Å². The van der Waals surface area contributed by atoms with Crippen molar-refractivity contribution in [1.82, 2.24) is 5.06 Å². The molecule has 2 aliphatic rings. The predicted octanol–water partition coefficient (Wildman–Crippen LogP) is 2.29. The summed E-state index contributed by atoms with van der Waals surface area (Å²) >= 11 is 0. The number of rotatable bonds is 6. The minimum absolute atomic E-state index is 0.00533. The van der Waals surface area contributed by atoms with E-state index in [-0.39, 0.29) is 12.2 Å². The van der Waals surface area contributed by atoms with E-state index in [1.54, 1.807) is 0 Å². The van der Waals surface area contributed by atoms with Gasteiger partial charge in [-0.1, -0.05) is 0 Å². The molecule has 0 bridgehead atoms. The third-order valence-electron chi connectivity index (χ3n) is 4.47. The molecule has 2 aliphatic heterocycles. The second kappa shape index (κ2) is 7.67.